The van der Waals surface area contributed by atoms with E-state index in [0.717, 1.165) is 23.3 Å². The molecule has 0 aliphatic carbocycles. The summed E-state index contributed by atoms with van der Waals surface area (Å²) in [4.78, 5) is 25.2. The Labute approximate surface area is 106 Å². The smallest absolute Gasteiger partial charge is 0.415 e. The van der Waals surface area contributed by atoms with Gasteiger partial charge in [0.2, 0.25) is 0 Å². The monoisotopic (exact) mass is 248 g/mol. The van der Waals surface area contributed by atoms with Crippen molar-refractivity contribution in [3.05, 3.63) is 35.9 Å². The summed E-state index contributed by atoms with van der Waals surface area (Å²) in [5.74, 6) is 0. The molecule has 5 heteroatoms. The molecule has 1 fully saturated rings. The van der Waals surface area contributed by atoms with E-state index in [1.54, 1.807) is 4.90 Å². The molecule has 0 saturated carbocycles. The molecule has 5 nitrogen and oxygen atoms in total. The topological polar surface area (TPSA) is 60.9 Å². The fraction of sp³-hybridized carbons (Fsp3) is 0.385. The van der Waals surface area contributed by atoms with E-state index in [1.165, 1.54) is 7.05 Å². The summed E-state index contributed by atoms with van der Waals surface area (Å²) in [5.41, 5.74) is 1.06. The second-order valence-electron chi connectivity index (χ2n) is 4.39. The fourth-order valence-corrected chi connectivity index (χ4v) is 2.29. The second-order valence-corrected chi connectivity index (χ2v) is 4.39. The average molecular weight is 248 g/mol. The van der Waals surface area contributed by atoms with E-state index >= 15 is 0 Å². The van der Waals surface area contributed by atoms with Crippen LogP contribution in [0.4, 0.5) is 9.59 Å². The summed E-state index contributed by atoms with van der Waals surface area (Å²) in [6.07, 6.45) is 0.556. The number of likely N-dealkylation sites (tertiary alicyclic amines) is 1. The molecule has 1 aromatic rings. The maximum absolute atomic E-state index is 12.0. The van der Waals surface area contributed by atoms with Crippen molar-refractivity contribution >= 4 is 12.1 Å². The highest BCUT2D eigenvalue weighted by atomic mass is 16.4. The van der Waals surface area contributed by atoms with Gasteiger partial charge in [-0.15, -0.1) is 0 Å². The molecular weight excluding hydrogens is 232 g/mol. The lowest BCUT2D eigenvalue weighted by Gasteiger charge is -2.27. The van der Waals surface area contributed by atoms with Gasteiger partial charge in [-0.3, -0.25) is 0 Å². The van der Waals surface area contributed by atoms with Crippen LogP contribution in [-0.2, 0) is 0 Å². The number of hydrogen-bond donors (Lipinski definition) is 1. The first-order valence-electron chi connectivity index (χ1n) is 5.93. The Kier molecular flexibility index (Phi) is 3.50. The number of rotatable bonds is 1. The van der Waals surface area contributed by atoms with Gasteiger partial charge in [-0.1, -0.05) is 30.3 Å². The van der Waals surface area contributed by atoms with Crippen LogP contribution in [0.1, 0.15) is 24.4 Å². The normalized spacial score (nSPS) is 18.7. The van der Waals surface area contributed by atoms with Crippen LogP contribution in [0.25, 0.3) is 0 Å². The molecule has 0 radical (unpaired) electrons. The number of amides is 3. The lowest BCUT2D eigenvalue weighted by molar-refractivity contribution is 0.134. The van der Waals surface area contributed by atoms with Crippen LogP contribution < -0.4 is 0 Å². The summed E-state index contributed by atoms with van der Waals surface area (Å²) >= 11 is 0. The van der Waals surface area contributed by atoms with Crippen molar-refractivity contribution in [2.75, 3.05) is 13.6 Å². The van der Waals surface area contributed by atoms with Crippen molar-refractivity contribution in [2.24, 2.45) is 0 Å². The van der Waals surface area contributed by atoms with Crippen LogP contribution in [0.5, 0.6) is 0 Å². The molecule has 1 aliphatic heterocycles. The third kappa shape index (κ3) is 2.30. The Morgan fingerprint density at radius 1 is 1.33 bits per heavy atom. The zero-order valence-corrected chi connectivity index (χ0v) is 10.2. The predicted octanol–water partition coefficient (Wildman–Crippen LogP) is 2.55. The van der Waals surface area contributed by atoms with Crippen LogP contribution in [0.3, 0.4) is 0 Å². The van der Waals surface area contributed by atoms with Crippen molar-refractivity contribution in [2.45, 2.75) is 18.9 Å². The molecule has 0 bridgehead atoms. The average Bonchev–Trinajstić information content (AvgIpc) is 2.87. The van der Waals surface area contributed by atoms with E-state index in [9.17, 15) is 9.59 Å². The lowest BCUT2D eigenvalue weighted by Crippen LogP contribution is -2.43. The SMILES string of the molecule is CN(C(=O)O)C(=O)N1CCCC1c1ccccc1. The first kappa shape index (κ1) is 12.4. The molecule has 1 saturated heterocycles. The minimum Gasteiger partial charge on any atom is -0.465 e. The Bertz CT molecular complexity index is 447. The molecule has 0 spiro atoms. The standard InChI is InChI=1S/C13H16N2O3/c1-14(13(17)18)12(16)15-9-5-8-11(15)10-6-3-2-4-7-10/h2-4,6-7,11H,5,8-9H2,1H3,(H,17,18). The summed E-state index contributed by atoms with van der Waals surface area (Å²) in [6.45, 7) is 0.607. The highest BCUT2D eigenvalue weighted by Crippen LogP contribution is 2.32. The molecule has 0 aromatic heterocycles. The maximum Gasteiger partial charge on any atom is 0.415 e. The number of carboxylic acid groups (broad SMARTS) is 1. The molecule has 2 rings (SSSR count). The molecule has 18 heavy (non-hydrogen) atoms. The highest BCUT2D eigenvalue weighted by Gasteiger charge is 2.33. The molecule has 1 atom stereocenters. The van der Waals surface area contributed by atoms with Crippen LogP contribution in [0.15, 0.2) is 30.3 Å². The van der Waals surface area contributed by atoms with Gasteiger partial charge in [-0.2, -0.15) is 0 Å². The number of carbonyl (C=O) groups is 2. The molecule has 1 heterocycles. The molecule has 1 aromatic carbocycles. The van der Waals surface area contributed by atoms with Crippen LogP contribution in [-0.4, -0.2) is 40.6 Å². The molecule has 1 unspecified atom stereocenters. The minimum atomic E-state index is -1.22. The van der Waals surface area contributed by atoms with Gasteiger partial charge in [0.1, 0.15) is 0 Å². The fourth-order valence-electron chi connectivity index (χ4n) is 2.29. The number of imide groups is 1. The summed E-state index contributed by atoms with van der Waals surface area (Å²) in [5, 5.41) is 8.85. The Hall–Kier alpha value is -2.04. The van der Waals surface area contributed by atoms with Crippen molar-refractivity contribution < 1.29 is 14.7 Å². The van der Waals surface area contributed by atoms with E-state index < -0.39 is 12.1 Å². The predicted molar refractivity (Wildman–Crippen MR) is 66.3 cm³/mol. The number of nitrogens with zero attached hydrogens (tertiary/aromatic N) is 2. The van der Waals surface area contributed by atoms with Crippen molar-refractivity contribution in [1.82, 2.24) is 9.80 Å². The summed E-state index contributed by atoms with van der Waals surface area (Å²) < 4.78 is 0. The van der Waals surface area contributed by atoms with Gasteiger partial charge in [0.05, 0.1) is 6.04 Å². The number of urea groups is 1. The largest absolute Gasteiger partial charge is 0.465 e. The maximum atomic E-state index is 12.0. The Morgan fingerprint density at radius 2 is 2.00 bits per heavy atom. The number of benzene rings is 1. The van der Waals surface area contributed by atoms with Crippen molar-refractivity contribution in [3.63, 3.8) is 0 Å². The minimum absolute atomic E-state index is 0.0134. The first-order valence-corrected chi connectivity index (χ1v) is 5.93. The summed E-state index contributed by atoms with van der Waals surface area (Å²) in [7, 11) is 1.28. The Morgan fingerprint density at radius 3 is 2.61 bits per heavy atom. The Balaban J connectivity index is 2.18. The van der Waals surface area contributed by atoms with E-state index in [1.807, 2.05) is 30.3 Å². The van der Waals surface area contributed by atoms with Crippen molar-refractivity contribution in [3.8, 4) is 0 Å². The quantitative estimate of drug-likeness (QED) is 0.830. The number of hydrogen-bond acceptors (Lipinski definition) is 2. The van der Waals surface area contributed by atoms with E-state index in [2.05, 4.69) is 0 Å². The van der Waals surface area contributed by atoms with Gasteiger partial charge in [0.25, 0.3) is 0 Å². The van der Waals surface area contributed by atoms with Gasteiger partial charge >= 0.3 is 12.1 Å². The van der Waals surface area contributed by atoms with Gasteiger partial charge in [-0.25, -0.2) is 14.5 Å². The number of carbonyl (C=O) groups excluding carboxylic acids is 1. The van der Waals surface area contributed by atoms with Crippen LogP contribution in [0.2, 0.25) is 0 Å². The summed E-state index contributed by atoms with van der Waals surface area (Å²) in [6, 6.07) is 9.26. The first-order chi connectivity index (χ1) is 8.61. The zero-order chi connectivity index (χ0) is 13.1. The van der Waals surface area contributed by atoms with Crippen LogP contribution in [0, 0.1) is 0 Å². The lowest BCUT2D eigenvalue weighted by atomic mass is 10.1. The molecule has 1 N–H and O–H groups in total. The zero-order valence-electron chi connectivity index (χ0n) is 10.2. The van der Waals surface area contributed by atoms with Gasteiger partial charge in [0.15, 0.2) is 0 Å². The van der Waals surface area contributed by atoms with E-state index in [4.69, 9.17) is 5.11 Å². The van der Waals surface area contributed by atoms with Crippen LogP contribution >= 0.6 is 0 Å². The molecular formula is C13H16N2O3. The second kappa shape index (κ2) is 5.08. The van der Waals surface area contributed by atoms with E-state index in [0.29, 0.717) is 6.54 Å². The van der Waals surface area contributed by atoms with E-state index in [-0.39, 0.29) is 6.04 Å². The third-order valence-electron chi connectivity index (χ3n) is 3.26. The third-order valence-corrected chi connectivity index (χ3v) is 3.26. The van der Waals surface area contributed by atoms with Gasteiger partial charge in [0, 0.05) is 13.6 Å². The van der Waals surface area contributed by atoms with Gasteiger partial charge in [-0.05, 0) is 18.4 Å². The molecule has 3 amide bonds. The highest BCUT2D eigenvalue weighted by molar-refractivity contribution is 5.90. The molecule has 96 valence electrons. The van der Waals surface area contributed by atoms with Crippen molar-refractivity contribution in [1.29, 1.82) is 0 Å². The van der Waals surface area contributed by atoms with Gasteiger partial charge < -0.3 is 10.0 Å². The molecule has 1 aliphatic rings.